The van der Waals surface area contributed by atoms with Crippen LogP contribution in [0.15, 0.2) is 29.4 Å². The molecule has 96 valence electrons. The highest BCUT2D eigenvalue weighted by Gasteiger charge is 2.07. The minimum Gasteiger partial charge on any atom is -0.315 e. The van der Waals surface area contributed by atoms with E-state index in [1.807, 2.05) is 5.43 Å². The third-order valence-corrected chi connectivity index (χ3v) is 1.81. The van der Waals surface area contributed by atoms with E-state index in [4.69, 9.17) is 0 Å². The lowest BCUT2D eigenvalue weighted by molar-refractivity contribution is -0.612. The van der Waals surface area contributed by atoms with E-state index < -0.39 is 16.2 Å². The molecule has 0 aliphatic carbocycles. The number of nitrogens with one attached hydrogen (secondary N) is 2. The number of benzene rings is 1. The van der Waals surface area contributed by atoms with Crippen LogP contribution in [0.2, 0.25) is 0 Å². The van der Waals surface area contributed by atoms with Crippen molar-refractivity contribution in [3.05, 3.63) is 50.1 Å². The van der Waals surface area contributed by atoms with E-state index in [1.165, 1.54) is 30.5 Å². The van der Waals surface area contributed by atoms with Gasteiger partial charge < -0.3 is 5.73 Å². The lowest BCUT2D eigenvalue weighted by Gasteiger charge is -2.02. The maximum atomic E-state index is 10.4. The normalized spacial score (nSPS) is 12.1. The Morgan fingerprint density at radius 3 is 2.39 bits per heavy atom. The van der Waals surface area contributed by atoms with Crippen LogP contribution in [-0.4, -0.2) is 22.5 Å². The Labute approximate surface area is 101 Å². The Morgan fingerprint density at radius 1 is 1.28 bits per heavy atom. The van der Waals surface area contributed by atoms with Crippen molar-refractivity contribution in [2.24, 2.45) is 5.10 Å². The maximum Gasteiger partial charge on any atom is 0.303 e. The van der Waals surface area contributed by atoms with Gasteiger partial charge in [0.15, 0.2) is 5.03 Å². The van der Waals surface area contributed by atoms with E-state index in [0.717, 1.165) is 0 Å². The summed E-state index contributed by atoms with van der Waals surface area (Å²) in [5.74, 6) is 0. The van der Waals surface area contributed by atoms with Gasteiger partial charge in [-0.25, -0.2) is 15.5 Å². The van der Waals surface area contributed by atoms with Crippen molar-refractivity contribution >= 4 is 11.9 Å². The first-order valence-electron chi connectivity index (χ1n) is 4.75. The second-order valence-electron chi connectivity index (χ2n) is 3.17. The van der Waals surface area contributed by atoms with Crippen LogP contribution in [0.25, 0.3) is 0 Å². The summed E-state index contributed by atoms with van der Waals surface area (Å²) in [7, 11) is 0. The molecule has 0 saturated carbocycles. The Hall–Kier alpha value is -2.75. The van der Waals surface area contributed by atoms with E-state index in [0.29, 0.717) is 5.56 Å². The summed E-state index contributed by atoms with van der Waals surface area (Å²) in [6.07, 6.45) is 0.484. The van der Waals surface area contributed by atoms with E-state index in [2.05, 4.69) is 16.3 Å². The summed E-state index contributed by atoms with van der Waals surface area (Å²) in [5, 5.41) is 23.4. The Morgan fingerprint density at radius 2 is 1.89 bits per heavy atom. The predicted octanol–water partition coefficient (Wildman–Crippen LogP) is -1.17. The molecule has 0 aromatic heterocycles. The van der Waals surface area contributed by atoms with E-state index in [1.54, 1.807) is 0 Å². The zero-order chi connectivity index (χ0) is 13.5. The molecular formula is C8H11N6O4+. The summed E-state index contributed by atoms with van der Waals surface area (Å²) in [5.41, 5.74) is 8.19. The monoisotopic (exact) mass is 255 g/mol. The molecule has 1 aromatic carbocycles. The molecule has 5 N–H and O–H groups in total. The smallest absolute Gasteiger partial charge is 0.303 e. The van der Waals surface area contributed by atoms with Gasteiger partial charge >= 0.3 is 6.29 Å². The summed E-state index contributed by atoms with van der Waals surface area (Å²) < 4.78 is 0. The Bertz CT molecular complexity index is 459. The van der Waals surface area contributed by atoms with Gasteiger partial charge in [0.2, 0.25) is 0 Å². The number of quaternary nitrogens is 1. The topological polar surface area (TPSA) is 150 Å². The molecule has 0 aliphatic heterocycles. The Kier molecular flexibility index (Phi) is 4.51. The van der Waals surface area contributed by atoms with Crippen molar-refractivity contribution in [2.75, 3.05) is 0 Å². The average Bonchev–Trinajstić information content (AvgIpc) is 2.28. The lowest BCUT2D eigenvalue weighted by Crippen LogP contribution is -2.74. The van der Waals surface area contributed by atoms with E-state index >= 15 is 0 Å². The predicted molar refractivity (Wildman–Crippen MR) is 60.6 cm³/mol. The van der Waals surface area contributed by atoms with E-state index in [9.17, 15) is 20.2 Å². The number of hydrogen-bond acceptors (Lipinski definition) is 6. The van der Waals surface area contributed by atoms with Crippen LogP contribution in [0.1, 0.15) is 5.56 Å². The minimum absolute atomic E-state index is 0.0230. The summed E-state index contributed by atoms with van der Waals surface area (Å²) in [6, 6.07) is 5.67. The van der Waals surface area contributed by atoms with Crippen molar-refractivity contribution in [3.63, 3.8) is 0 Å². The standard InChI is InChI=1S/C8H10N6O4/c9-8(12-14(17)18)11-10-5-6-1-3-7(4-2-6)13(15)16/h1-5,8,11-12H,9H2/p+1/b10-5-/t8-/m1/s1. The SMILES string of the molecule is [NH3+][C@H](N/N=C\c1ccc([N+](=O)[O-])cc1)N[N+](=O)[O-]. The van der Waals surface area contributed by atoms with Gasteiger partial charge in [0.05, 0.1) is 11.1 Å². The molecule has 0 fully saturated rings. The average molecular weight is 255 g/mol. The summed E-state index contributed by atoms with van der Waals surface area (Å²) in [6.45, 7) is 0. The number of nitrogens with zero attached hydrogens (tertiary/aromatic N) is 3. The minimum atomic E-state index is -0.880. The summed E-state index contributed by atoms with van der Waals surface area (Å²) in [4.78, 5) is 19.9. The molecule has 0 aliphatic rings. The number of nitro groups is 2. The highest BCUT2D eigenvalue weighted by atomic mass is 16.7. The van der Waals surface area contributed by atoms with Gasteiger partial charge in [-0.3, -0.25) is 10.1 Å². The molecule has 10 nitrogen and oxygen atoms in total. The highest BCUT2D eigenvalue weighted by Crippen LogP contribution is 2.10. The molecule has 0 spiro atoms. The molecule has 10 heteroatoms. The van der Waals surface area contributed by atoms with Crippen molar-refractivity contribution < 1.29 is 15.7 Å². The fraction of sp³-hybridized carbons (Fsp3) is 0.125. The fourth-order valence-corrected chi connectivity index (χ4v) is 1.04. The molecule has 0 amide bonds. The van der Waals surface area contributed by atoms with Crippen LogP contribution in [-0.2, 0) is 0 Å². The van der Waals surface area contributed by atoms with Crippen molar-refractivity contribution in [3.8, 4) is 0 Å². The first kappa shape index (κ1) is 13.3. The Balaban J connectivity index is 2.52. The van der Waals surface area contributed by atoms with Gasteiger partial charge in [-0.1, -0.05) is 5.43 Å². The van der Waals surface area contributed by atoms with E-state index in [-0.39, 0.29) is 5.69 Å². The van der Waals surface area contributed by atoms with Crippen molar-refractivity contribution in [1.29, 1.82) is 0 Å². The van der Waals surface area contributed by atoms with Crippen molar-refractivity contribution in [1.82, 2.24) is 10.9 Å². The molecule has 1 aromatic rings. The summed E-state index contributed by atoms with van der Waals surface area (Å²) >= 11 is 0. The number of hydrogen-bond donors (Lipinski definition) is 3. The molecule has 1 rings (SSSR count). The van der Waals surface area contributed by atoms with Crippen molar-refractivity contribution in [2.45, 2.75) is 6.29 Å². The number of rotatable bonds is 6. The number of hydrazone groups is 1. The van der Waals surface area contributed by atoms with Crippen LogP contribution in [0.5, 0.6) is 0 Å². The molecule has 18 heavy (non-hydrogen) atoms. The molecule has 0 unspecified atom stereocenters. The zero-order valence-corrected chi connectivity index (χ0v) is 9.15. The van der Waals surface area contributed by atoms with Gasteiger partial charge in [-0.2, -0.15) is 5.10 Å². The number of non-ortho nitro benzene ring substituents is 1. The first-order chi connectivity index (χ1) is 8.49. The third-order valence-electron chi connectivity index (χ3n) is 1.81. The first-order valence-corrected chi connectivity index (χ1v) is 4.75. The number of hydrazine groups is 1. The van der Waals surface area contributed by atoms with Gasteiger partial charge in [-0.05, 0) is 17.7 Å². The molecule has 0 bridgehead atoms. The fourth-order valence-electron chi connectivity index (χ4n) is 1.04. The van der Waals surface area contributed by atoms with Gasteiger partial charge in [0.25, 0.3) is 5.69 Å². The van der Waals surface area contributed by atoms with Crippen LogP contribution in [0.4, 0.5) is 5.69 Å². The second kappa shape index (κ2) is 6.10. The second-order valence-corrected chi connectivity index (χ2v) is 3.17. The van der Waals surface area contributed by atoms with Gasteiger partial charge in [-0.15, -0.1) is 0 Å². The highest BCUT2D eigenvalue weighted by molar-refractivity contribution is 5.79. The largest absolute Gasteiger partial charge is 0.315 e. The van der Waals surface area contributed by atoms with Crippen LogP contribution < -0.4 is 16.6 Å². The molecule has 0 radical (unpaired) electrons. The lowest BCUT2D eigenvalue weighted by atomic mass is 10.2. The van der Waals surface area contributed by atoms with Gasteiger partial charge in [0, 0.05) is 12.1 Å². The van der Waals surface area contributed by atoms with Crippen LogP contribution >= 0.6 is 0 Å². The molecule has 1 atom stereocenters. The van der Waals surface area contributed by atoms with Crippen LogP contribution in [0, 0.1) is 20.2 Å². The van der Waals surface area contributed by atoms with Gasteiger partial charge in [0.1, 0.15) is 0 Å². The molecule has 0 saturated heterocycles. The zero-order valence-electron chi connectivity index (χ0n) is 9.15. The molecular weight excluding hydrogens is 244 g/mol. The number of nitro benzene ring substituents is 1. The van der Waals surface area contributed by atoms with Crippen LogP contribution in [0.3, 0.4) is 0 Å². The molecule has 0 heterocycles. The maximum absolute atomic E-state index is 10.4. The quantitative estimate of drug-likeness (QED) is 0.252. The third kappa shape index (κ3) is 4.40.